The summed E-state index contributed by atoms with van der Waals surface area (Å²) >= 11 is 0. The standard InChI is InChI=1S/C15H22O3/c1-10(2)12-9-11(7-8-13(12)17-5)15(3,4)14(16)18-6/h7-10H,1-6H3. The number of hydrogen-bond donors (Lipinski definition) is 0. The molecular weight excluding hydrogens is 228 g/mol. The Labute approximate surface area is 109 Å². The van der Waals surface area contributed by atoms with Crippen LogP contribution in [0.4, 0.5) is 0 Å². The van der Waals surface area contributed by atoms with Crippen LogP contribution in [0.25, 0.3) is 0 Å². The van der Waals surface area contributed by atoms with Crippen LogP contribution < -0.4 is 4.74 Å². The molecule has 3 nitrogen and oxygen atoms in total. The van der Waals surface area contributed by atoms with Crippen LogP contribution in [-0.4, -0.2) is 20.2 Å². The van der Waals surface area contributed by atoms with Gasteiger partial charge in [0.1, 0.15) is 5.75 Å². The lowest BCUT2D eigenvalue weighted by Gasteiger charge is -2.24. The van der Waals surface area contributed by atoms with Crippen LogP contribution in [0.15, 0.2) is 18.2 Å². The molecule has 1 aromatic carbocycles. The third-order valence-electron chi connectivity index (χ3n) is 3.27. The predicted molar refractivity (Wildman–Crippen MR) is 72.1 cm³/mol. The molecule has 0 aromatic heterocycles. The van der Waals surface area contributed by atoms with Gasteiger partial charge in [-0.1, -0.05) is 26.0 Å². The van der Waals surface area contributed by atoms with Crippen LogP contribution in [-0.2, 0) is 14.9 Å². The zero-order valence-electron chi connectivity index (χ0n) is 12.0. The molecule has 0 N–H and O–H groups in total. The number of carbonyl (C=O) groups excluding carboxylic acids is 1. The van der Waals surface area contributed by atoms with Crippen LogP contribution in [0, 0.1) is 0 Å². The fourth-order valence-corrected chi connectivity index (χ4v) is 1.95. The summed E-state index contributed by atoms with van der Waals surface area (Å²) in [5.41, 5.74) is 1.40. The zero-order valence-corrected chi connectivity index (χ0v) is 12.0. The van der Waals surface area contributed by atoms with Gasteiger partial charge in [-0.15, -0.1) is 0 Å². The minimum absolute atomic E-state index is 0.234. The van der Waals surface area contributed by atoms with Gasteiger partial charge >= 0.3 is 5.97 Å². The van der Waals surface area contributed by atoms with Gasteiger partial charge in [0, 0.05) is 0 Å². The Morgan fingerprint density at radius 2 is 1.83 bits per heavy atom. The van der Waals surface area contributed by atoms with Crippen molar-refractivity contribution in [2.24, 2.45) is 0 Å². The second kappa shape index (κ2) is 5.42. The fourth-order valence-electron chi connectivity index (χ4n) is 1.95. The molecule has 0 saturated carbocycles. The molecule has 0 spiro atoms. The molecule has 0 radical (unpaired) electrons. The molecular formula is C15H22O3. The van der Waals surface area contributed by atoms with Crippen molar-refractivity contribution in [1.82, 2.24) is 0 Å². The minimum Gasteiger partial charge on any atom is -0.496 e. The number of hydrogen-bond acceptors (Lipinski definition) is 3. The Balaban J connectivity index is 3.27. The molecule has 0 aliphatic carbocycles. The van der Waals surface area contributed by atoms with Crippen LogP contribution in [0.3, 0.4) is 0 Å². The van der Waals surface area contributed by atoms with E-state index in [9.17, 15) is 4.79 Å². The van der Waals surface area contributed by atoms with Gasteiger partial charge < -0.3 is 9.47 Å². The maximum atomic E-state index is 11.8. The molecule has 3 heteroatoms. The van der Waals surface area contributed by atoms with Gasteiger partial charge in [-0.3, -0.25) is 4.79 Å². The largest absolute Gasteiger partial charge is 0.496 e. The highest BCUT2D eigenvalue weighted by molar-refractivity contribution is 5.82. The summed E-state index contributed by atoms with van der Waals surface area (Å²) < 4.78 is 10.2. The smallest absolute Gasteiger partial charge is 0.315 e. The second-order valence-electron chi connectivity index (χ2n) is 5.23. The first-order valence-electron chi connectivity index (χ1n) is 6.11. The van der Waals surface area contributed by atoms with E-state index in [-0.39, 0.29) is 5.97 Å². The molecule has 0 aliphatic heterocycles. The number of esters is 1. The third kappa shape index (κ3) is 2.66. The first-order valence-corrected chi connectivity index (χ1v) is 6.11. The van der Waals surface area contributed by atoms with Gasteiger partial charge in [0.15, 0.2) is 0 Å². The highest BCUT2D eigenvalue weighted by Gasteiger charge is 2.31. The predicted octanol–water partition coefficient (Wildman–Crippen LogP) is 3.27. The Bertz CT molecular complexity index is 433. The van der Waals surface area contributed by atoms with E-state index < -0.39 is 5.41 Å². The van der Waals surface area contributed by atoms with E-state index in [1.807, 2.05) is 32.0 Å². The average Bonchev–Trinajstić information content (AvgIpc) is 2.36. The van der Waals surface area contributed by atoms with Gasteiger partial charge in [-0.25, -0.2) is 0 Å². The molecule has 0 aliphatic rings. The molecule has 0 heterocycles. The van der Waals surface area contributed by atoms with Crippen molar-refractivity contribution in [2.75, 3.05) is 14.2 Å². The van der Waals surface area contributed by atoms with Crippen LogP contribution in [0.5, 0.6) is 5.75 Å². The SMILES string of the molecule is COC(=O)C(C)(C)c1ccc(OC)c(C(C)C)c1. The summed E-state index contributed by atoms with van der Waals surface area (Å²) in [6.07, 6.45) is 0. The first-order chi connectivity index (χ1) is 8.34. The Kier molecular flexibility index (Phi) is 4.38. The number of rotatable bonds is 4. The summed E-state index contributed by atoms with van der Waals surface area (Å²) in [6.45, 7) is 7.94. The Hall–Kier alpha value is -1.51. The molecule has 0 amide bonds. The third-order valence-corrected chi connectivity index (χ3v) is 3.27. The molecule has 1 rings (SSSR count). The van der Waals surface area contributed by atoms with Crippen molar-refractivity contribution in [3.05, 3.63) is 29.3 Å². The van der Waals surface area contributed by atoms with Crippen molar-refractivity contribution in [1.29, 1.82) is 0 Å². The topological polar surface area (TPSA) is 35.5 Å². The van der Waals surface area contributed by atoms with Gasteiger partial charge in [-0.05, 0) is 37.0 Å². The van der Waals surface area contributed by atoms with Gasteiger partial charge in [-0.2, -0.15) is 0 Å². The summed E-state index contributed by atoms with van der Waals surface area (Å²) in [6, 6.07) is 5.86. The highest BCUT2D eigenvalue weighted by Crippen LogP contribution is 2.32. The number of ether oxygens (including phenoxy) is 2. The summed E-state index contributed by atoms with van der Waals surface area (Å²) in [4.78, 5) is 11.8. The van der Waals surface area contributed by atoms with E-state index in [2.05, 4.69) is 13.8 Å². The van der Waals surface area contributed by atoms with Crippen molar-refractivity contribution >= 4 is 5.97 Å². The molecule has 0 saturated heterocycles. The average molecular weight is 250 g/mol. The monoisotopic (exact) mass is 250 g/mol. The lowest BCUT2D eigenvalue weighted by atomic mass is 9.82. The van der Waals surface area contributed by atoms with Gasteiger partial charge in [0.05, 0.1) is 19.6 Å². The fraction of sp³-hybridized carbons (Fsp3) is 0.533. The molecule has 1 aromatic rings. The van der Waals surface area contributed by atoms with Crippen LogP contribution in [0.1, 0.15) is 44.7 Å². The summed E-state index contributed by atoms with van der Waals surface area (Å²) in [5.74, 6) is 0.963. The summed E-state index contributed by atoms with van der Waals surface area (Å²) in [5, 5.41) is 0. The number of methoxy groups -OCH3 is 2. The van der Waals surface area contributed by atoms with Crippen molar-refractivity contribution in [3.63, 3.8) is 0 Å². The molecule has 0 bridgehead atoms. The van der Waals surface area contributed by atoms with E-state index in [1.54, 1.807) is 7.11 Å². The summed E-state index contributed by atoms with van der Waals surface area (Å²) in [7, 11) is 3.07. The second-order valence-corrected chi connectivity index (χ2v) is 5.23. The number of carbonyl (C=O) groups is 1. The first kappa shape index (κ1) is 14.6. The van der Waals surface area contributed by atoms with E-state index in [1.165, 1.54) is 7.11 Å². The van der Waals surface area contributed by atoms with Crippen molar-refractivity contribution < 1.29 is 14.3 Å². The normalized spacial score (nSPS) is 11.5. The lowest BCUT2D eigenvalue weighted by molar-refractivity contribution is -0.146. The van der Waals surface area contributed by atoms with Crippen LogP contribution in [0.2, 0.25) is 0 Å². The maximum absolute atomic E-state index is 11.8. The quantitative estimate of drug-likeness (QED) is 0.769. The zero-order chi connectivity index (χ0) is 13.9. The molecule has 0 unspecified atom stereocenters. The highest BCUT2D eigenvalue weighted by atomic mass is 16.5. The Morgan fingerprint density at radius 3 is 2.28 bits per heavy atom. The van der Waals surface area contributed by atoms with Crippen molar-refractivity contribution in [3.8, 4) is 5.75 Å². The van der Waals surface area contributed by atoms with Gasteiger partial charge in [0.25, 0.3) is 0 Å². The molecule has 0 atom stereocenters. The van der Waals surface area contributed by atoms with E-state index in [0.29, 0.717) is 5.92 Å². The van der Waals surface area contributed by atoms with Crippen LogP contribution >= 0.6 is 0 Å². The van der Waals surface area contributed by atoms with Gasteiger partial charge in [0.2, 0.25) is 0 Å². The Morgan fingerprint density at radius 1 is 1.22 bits per heavy atom. The van der Waals surface area contributed by atoms with Crippen molar-refractivity contribution in [2.45, 2.75) is 39.0 Å². The lowest BCUT2D eigenvalue weighted by Crippen LogP contribution is -2.30. The van der Waals surface area contributed by atoms with E-state index >= 15 is 0 Å². The van der Waals surface area contributed by atoms with E-state index in [4.69, 9.17) is 9.47 Å². The molecule has 100 valence electrons. The minimum atomic E-state index is -0.648. The maximum Gasteiger partial charge on any atom is 0.315 e. The molecule has 18 heavy (non-hydrogen) atoms. The van der Waals surface area contributed by atoms with E-state index in [0.717, 1.165) is 16.9 Å². The number of benzene rings is 1. The molecule has 0 fully saturated rings.